The maximum absolute atomic E-state index is 9.14. The van der Waals surface area contributed by atoms with Gasteiger partial charge in [0.1, 0.15) is 0 Å². The van der Waals surface area contributed by atoms with Gasteiger partial charge in [0.25, 0.3) is 0 Å². The molecule has 0 aliphatic rings. The third kappa shape index (κ3) is 3.79. The molecule has 0 N–H and O–H groups in total. The summed E-state index contributed by atoms with van der Waals surface area (Å²) in [5.41, 5.74) is 8.43. The topological polar surface area (TPSA) is 47.6 Å². The largest absolute Gasteiger partial charge is 0.192 e. The van der Waals surface area contributed by atoms with Crippen LogP contribution in [0.2, 0.25) is 0 Å². The monoisotopic (exact) mass is 302 g/mol. The molecule has 0 amide bonds. The lowest BCUT2D eigenvalue weighted by Gasteiger charge is -2.09. The van der Waals surface area contributed by atoms with Gasteiger partial charge in [-0.3, -0.25) is 0 Å². The van der Waals surface area contributed by atoms with Crippen LogP contribution in [0.25, 0.3) is 0 Å². The molecule has 0 saturated heterocycles. The molecule has 0 heterocycles. The van der Waals surface area contributed by atoms with Gasteiger partial charge >= 0.3 is 0 Å². The summed E-state index contributed by atoms with van der Waals surface area (Å²) in [6.07, 6.45) is 3.08. The molecule has 116 valence electrons. The molecule has 23 heavy (non-hydrogen) atoms. The third-order valence-electron chi connectivity index (χ3n) is 4.34. The van der Waals surface area contributed by atoms with E-state index in [9.17, 15) is 0 Å². The SMILES string of the molecule is Cc1cc(CCCc2cc(C)c(C#N)c(C)c2)cc(C)c1C#N. The molecule has 0 spiro atoms. The molecule has 2 nitrogen and oxygen atoms in total. The van der Waals surface area contributed by atoms with Crippen LogP contribution in [-0.4, -0.2) is 0 Å². The normalized spacial score (nSPS) is 10.2. The number of nitriles is 2. The second-order valence-corrected chi connectivity index (χ2v) is 6.29. The highest BCUT2D eigenvalue weighted by atomic mass is 14.3. The van der Waals surface area contributed by atoms with Gasteiger partial charge < -0.3 is 0 Å². The van der Waals surface area contributed by atoms with Crippen molar-refractivity contribution in [1.82, 2.24) is 0 Å². The fraction of sp³-hybridized carbons (Fsp3) is 0.333. The number of hydrogen-bond acceptors (Lipinski definition) is 2. The van der Waals surface area contributed by atoms with Gasteiger partial charge in [0.15, 0.2) is 0 Å². The van der Waals surface area contributed by atoms with E-state index in [1.807, 2.05) is 27.7 Å². The Hall–Kier alpha value is -2.58. The summed E-state index contributed by atoms with van der Waals surface area (Å²) in [5.74, 6) is 0. The first-order chi connectivity index (χ1) is 11.0. The molecule has 0 saturated carbocycles. The highest BCUT2D eigenvalue weighted by Gasteiger charge is 2.06. The molecule has 2 aromatic carbocycles. The van der Waals surface area contributed by atoms with Gasteiger partial charge in [-0.1, -0.05) is 24.3 Å². The zero-order valence-electron chi connectivity index (χ0n) is 14.3. The van der Waals surface area contributed by atoms with Crippen molar-refractivity contribution >= 4 is 0 Å². The number of rotatable bonds is 4. The third-order valence-corrected chi connectivity index (χ3v) is 4.34. The summed E-state index contributed by atoms with van der Waals surface area (Å²) < 4.78 is 0. The molecule has 2 rings (SSSR count). The van der Waals surface area contributed by atoms with Crippen molar-refractivity contribution in [2.75, 3.05) is 0 Å². The summed E-state index contributed by atoms with van der Waals surface area (Å²) in [7, 11) is 0. The zero-order chi connectivity index (χ0) is 17.0. The molecule has 0 aliphatic carbocycles. The summed E-state index contributed by atoms with van der Waals surface area (Å²) in [6, 6.07) is 13.0. The highest BCUT2D eigenvalue weighted by molar-refractivity contribution is 5.46. The number of aryl methyl sites for hydroxylation is 6. The van der Waals surface area contributed by atoms with Crippen molar-refractivity contribution < 1.29 is 0 Å². The Bertz CT molecular complexity index is 701. The molecule has 0 unspecified atom stereocenters. The molecule has 0 radical (unpaired) electrons. The lowest BCUT2D eigenvalue weighted by Crippen LogP contribution is -1.97. The standard InChI is InChI=1S/C21H22N2/c1-14-8-18(9-15(2)20(14)12-22)6-5-7-19-10-16(3)21(13-23)17(4)11-19/h8-11H,5-7H2,1-4H3. The first-order valence-electron chi connectivity index (χ1n) is 7.96. The van der Waals surface area contributed by atoms with E-state index in [-0.39, 0.29) is 0 Å². The van der Waals surface area contributed by atoms with Gasteiger partial charge in [0.05, 0.1) is 23.3 Å². The van der Waals surface area contributed by atoms with E-state index in [1.165, 1.54) is 11.1 Å². The average Bonchev–Trinajstić information content (AvgIpc) is 2.46. The van der Waals surface area contributed by atoms with Crippen LogP contribution in [0.15, 0.2) is 24.3 Å². The first kappa shape index (κ1) is 16.8. The minimum absolute atomic E-state index is 0.798. The molecule has 0 aromatic heterocycles. The second-order valence-electron chi connectivity index (χ2n) is 6.29. The summed E-state index contributed by atoms with van der Waals surface area (Å²) in [4.78, 5) is 0. The number of benzene rings is 2. The average molecular weight is 302 g/mol. The maximum Gasteiger partial charge on any atom is 0.0997 e. The van der Waals surface area contributed by atoms with E-state index in [1.54, 1.807) is 0 Å². The molecular weight excluding hydrogens is 280 g/mol. The molecule has 2 heteroatoms. The zero-order valence-corrected chi connectivity index (χ0v) is 14.3. The van der Waals surface area contributed by atoms with Crippen molar-refractivity contribution in [1.29, 1.82) is 10.5 Å². The van der Waals surface area contributed by atoms with Crippen LogP contribution in [0.3, 0.4) is 0 Å². The Morgan fingerprint density at radius 2 is 0.957 bits per heavy atom. The predicted octanol–water partition coefficient (Wildman–Crippen LogP) is 4.84. The Morgan fingerprint density at radius 3 is 1.22 bits per heavy atom. The number of nitrogens with zero attached hydrogens (tertiary/aromatic N) is 2. The summed E-state index contributed by atoms with van der Waals surface area (Å²) in [6.45, 7) is 8.01. The predicted molar refractivity (Wildman–Crippen MR) is 93.3 cm³/mol. The second kappa shape index (κ2) is 7.12. The molecule has 0 atom stereocenters. The summed E-state index contributed by atoms with van der Waals surface area (Å²) >= 11 is 0. The van der Waals surface area contributed by atoms with Crippen LogP contribution >= 0.6 is 0 Å². The quantitative estimate of drug-likeness (QED) is 0.811. The van der Waals surface area contributed by atoms with E-state index in [0.29, 0.717) is 0 Å². The smallest absolute Gasteiger partial charge is 0.0997 e. The van der Waals surface area contributed by atoms with Crippen molar-refractivity contribution in [3.63, 3.8) is 0 Å². The molecule has 0 bridgehead atoms. The van der Waals surface area contributed by atoms with Gasteiger partial charge in [-0.2, -0.15) is 10.5 Å². The van der Waals surface area contributed by atoms with Crippen LogP contribution in [0.5, 0.6) is 0 Å². The fourth-order valence-corrected chi connectivity index (χ4v) is 3.24. The van der Waals surface area contributed by atoms with Gasteiger partial charge in [-0.05, 0) is 80.3 Å². The van der Waals surface area contributed by atoms with E-state index < -0.39 is 0 Å². The van der Waals surface area contributed by atoms with E-state index in [4.69, 9.17) is 10.5 Å². The van der Waals surface area contributed by atoms with Gasteiger partial charge in [-0.25, -0.2) is 0 Å². The Balaban J connectivity index is 2.07. The van der Waals surface area contributed by atoms with Crippen LogP contribution in [0.1, 0.15) is 50.9 Å². The van der Waals surface area contributed by atoms with E-state index in [0.717, 1.165) is 52.6 Å². The summed E-state index contributed by atoms with van der Waals surface area (Å²) in [5, 5.41) is 18.3. The van der Waals surface area contributed by atoms with Crippen LogP contribution in [0, 0.1) is 50.4 Å². The Kier molecular flexibility index (Phi) is 5.20. The van der Waals surface area contributed by atoms with Crippen LogP contribution in [-0.2, 0) is 12.8 Å². The molecule has 0 aliphatic heterocycles. The minimum atomic E-state index is 0.798. The van der Waals surface area contributed by atoms with Crippen LogP contribution < -0.4 is 0 Å². The molecule has 2 aromatic rings. The Morgan fingerprint density at radius 1 is 0.652 bits per heavy atom. The highest BCUT2D eigenvalue weighted by Crippen LogP contribution is 2.20. The van der Waals surface area contributed by atoms with Crippen molar-refractivity contribution in [3.05, 3.63) is 68.8 Å². The van der Waals surface area contributed by atoms with Gasteiger partial charge in [-0.15, -0.1) is 0 Å². The van der Waals surface area contributed by atoms with Crippen LogP contribution in [0.4, 0.5) is 0 Å². The molecular formula is C21H22N2. The number of hydrogen-bond donors (Lipinski definition) is 0. The van der Waals surface area contributed by atoms with Gasteiger partial charge in [0.2, 0.25) is 0 Å². The van der Waals surface area contributed by atoms with Crippen molar-refractivity contribution in [2.45, 2.75) is 47.0 Å². The first-order valence-corrected chi connectivity index (χ1v) is 7.96. The van der Waals surface area contributed by atoms with Gasteiger partial charge in [0, 0.05) is 0 Å². The van der Waals surface area contributed by atoms with Crippen molar-refractivity contribution in [2.24, 2.45) is 0 Å². The van der Waals surface area contributed by atoms with Crippen molar-refractivity contribution in [3.8, 4) is 12.1 Å². The van der Waals surface area contributed by atoms with E-state index in [2.05, 4.69) is 36.4 Å². The minimum Gasteiger partial charge on any atom is -0.192 e. The maximum atomic E-state index is 9.14. The molecule has 0 fully saturated rings. The van der Waals surface area contributed by atoms with E-state index >= 15 is 0 Å². The Labute approximate surface area is 139 Å². The lowest BCUT2D eigenvalue weighted by molar-refractivity contribution is 0.817. The fourth-order valence-electron chi connectivity index (χ4n) is 3.24. The lowest BCUT2D eigenvalue weighted by atomic mass is 9.95.